The van der Waals surface area contributed by atoms with E-state index in [1.807, 2.05) is 0 Å². The van der Waals surface area contributed by atoms with Gasteiger partial charge < -0.3 is 10.5 Å². The molecule has 1 aromatic carbocycles. The van der Waals surface area contributed by atoms with Gasteiger partial charge in [-0.3, -0.25) is 15.1 Å². The third-order valence-electron chi connectivity index (χ3n) is 3.15. The second-order valence-corrected chi connectivity index (χ2v) is 5.87. The van der Waals surface area contributed by atoms with Gasteiger partial charge in [0.15, 0.2) is 10.9 Å². The first-order chi connectivity index (χ1) is 12.3. The number of ether oxygens (including phenoxy) is 1. The zero-order valence-electron chi connectivity index (χ0n) is 12.9. The topological polar surface area (TPSA) is 90.1 Å². The molecule has 3 aromatic rings. The Bertz CT molecular complexity index is 929. The van der Waals surface area contributed by atoms with Crippen LogP contribution in [0, 0.1) is 0 Å². The quantitative estimate of drug-likeness (QED) is 0.669. The SMILES string of the molecule is Nc1ccc(C(=O)Nc2nc(-c3ccccn3)cs2)cc1OC(F)(F)F. The number of nitrogens with zero attached hydrogens (tertiary/aromatic N) is 2. The average molecular weight is 380 g/mol. The number of aromatic nitrogens is 2. The summed E-state index contributed by atoms with van der Waals surface area (Å²) >= 11 is 1.17. The molecule has 2 aromatic heterocycles. The summed E-state index contributed by atoms with van der Waals surface area (Å²) in [6.45, 7) is 0. The van der Waals surface area contributed by atoms with Crippen molar-refractivity contribution in [3.05, 3.63) is 53.5 Å². The number of thiazole rings is 1. The number of halogens is 3. The van der Waals surface area contributed by atoms with Gasteiger partial charge in [0.05, 0.1) is 11.4 Å². The molecule has 0 unspecified atom stereocenters. The van der Waals surface area contributed by atoms with E-state index in [1.165, 1.54) is 17.4 Å². The lowest BCUT2D eigenvalue weighted by atomic mass is 10.2. The standard InChI is InChI=1S/C16H11F3N4O2S/c17-16(18,19)25-13-7-9(4-5-10(13)20)14(24)23-15-22-12(8-26-15)11-3-1-2-6-21-11/h1-8H,20H2,(H,22,23,24). The molecule has 0 radical (unpaired) electrons. The number of carbonyl (C=O) groups excluding carboxylic acids is 1. The number of amides is 1. The average Bonchev–Trinajstić information content (AvgIpc) is 3.05. The van der Waals surface area contributed by atoms with Crippen LogP contribution in [0.15, 0.2) is 48.0 Å². The molecule has 0 aliphatic heterocycles. The second kappa shape index (κ2) is 7.00. The lowest BCUT2D eigenvalue weighted by molar-refractivity contribution is -0.274. The van der Waals surface area contributed by atoms with Gasteiger partial charge in [-0.25, -0.2) is 4.98 Å². The van der Waals surface area contributed by atoms with Gasteiger partial charge in [-0.05, 0) is 30.3 Å². The molecule has 6 nitrogen and oxygen atoms in total. The largest absolute Gasteiger partial charge is 0.573 e. The third-order valence-corrected chi connectivity index (χ3v) is 3.91. The number of pyridine rings is 1. The number of nitrogens with two attached hydrogens (primary N) is 1. The van der Waals surface area contributed by atoms with E-state index < -0.39 is 18.0 Å². The highest BCUT2D eigenvalue weighted by molar-refractivity contribution is 7.14. The van der Waals surface area contributed by atoms with Crippen LogP contribution in [0.3, 0.4) is 0 Å². The van der Waals surface area contributed by atoms with Gasteiger partial charge in [0.2, 0.25) is 0 Å². The molecule has 0 aliphatic carbocycles. The molecular formula is C16H11F3N4O2S. The van der Waals surface area contributed by atoms with Gasteiger partial charge in [0.1, 0.15) is 5.69 Å². The monoisotopic (exact) mass is 380 g/mol. The zero-order chi connectivity index (χ0) is 18.7. The summed E-state index contributed by atoms with van der Waals surface area (Å²) in [4.78, 5) is 20.6. The molecule has 3 rings (SSSR count). The van der Waals surface area contributed by atoms with Crippen LogP contribution in [0.5, 0.6) is 5.75 Å². The lowest BCUT2D eigenvalue weighted by Gasteiger charge is -2.12. The van der Waals surface area contributed by atoms with Crippen molar-refractivity contribution in [2.45, 2.75) is 6.36 Å². The number of nitrogen functional groups attached to an aromatic ring is 1. The maximum atomic E-state index is 12.4. The van der Waals surface area contributed by atoms with E-state index in [2.05, 4.69) is 20.0 Å². The number of hydrogen-bond donors (Lipinski definition) is 2. The van der Waals surface area contributed by atoms with Crippen LogP contribution in [0.25, 0.3) is 11.4 Å². The van der Waals surface area contributed by atoms with E-state index >= 15 is 0 Å². The summed E-state index contributed by atoms with van der Waals surface area (Å²) in [5, 5.41) is 4.51. The minimum Gasteiger partial charge on any atom is -0.404 e. The van der Waals surface area contributed by atoms with E-state index in [0.717, 1.165) is 12.1 Å². The van der Waals surface area contributed by atoms with E-state index in [0.29, 0.717) is 11.4 Å². The molecule has 0 saturated heterocycles. The Hall–Kier alpha value is -3.14. The Morgan fingerprint density at radius 1 is 1.19 bits per heavy atom. The number of anilines is 2. The van der Waals surface area contributed by atoms with Crippen molar-refractivity contribution in [3.8, 4) is 17.1 Å². The summed E-state index contributed by atoms with van der Waals surface area (Å²) in [7, 11) is 0. The predicted molar refractivity (Wildman–Crippen MR) is 90.8 cm³/mol. The van der Waals surface area contributed by atoms with Gasteiger partial charge in [-0.2, -0.15) is 0 Å². The van der Waals surface area contributed by atoms with Gasteiger partial charge >= 0.3 is 6.36 Å². The number of benzene rings is 1. The number of hydrogen-bond acceptors (Lipinski definition) is 6. The Balaban J connectivity index is 1.76. The van der Waals surface area contributed by atoms with Crippen molar-refractivity contribution in [2.75, 3.05) is 11.1 Å². The molecular weight excluding hydrogens is 369 g/mol. The summed E-state index contributed by atoms with van der Waals surface area (Å²) in [6, 6.07) is 8.71. The fraction of sp³-hybridized carbons (Fsp3) is 0.0625. The van der Waals surface area contributed by atoms with Crippen molar-refractivity contribution < 1.29 is 22.7 Å². The van der Waals surface area contributed by atoms with Gasteiger partial charge in [-0.1, -0.05) is 6.07 Å². The molecule has 10 heteroatoms. The predicted octanol–water partition coefficient (Wildman–Crippen LogP) is 3.94. The summed E-state index contributed by atoms with van der Waals surface area (Å²) in [6.07, 6.45) is -3.29. The number of alkyl halides is 3. The van der Waals surface area contributed by atoms with Crippen molar-refractivity contribution in [1.29, 1.82) is 0 Å². The zero-order valence-corrected chi connectivity index (χ0v) is 13.8. The summed E-state index contributed by atoms with van der Waals surface area (Å²) < 4.78 is 40.9. The molecule has 2 heterocycles. The van der Waals surface area contributed by atoms with Crippen molar-refractivity contribution in [2.24, 2.45) is 0 Å². The minimum atomic E-state index is -4.91. The molecule has 0 atom stereocenters. The highest BCUT2D eigenvalue weighted by Gasteiger charge is 2.32. The van der Waals surface area contributed by atoms with E-state index in [1.54, 1.807) is 29.8 Å². The molecule has 0 bridgehead atoms. The van der Waals surface area contributed by atoms with E-state index in [9.17, 15) is 18.0 Å². The van der Waals surface area contributed by atoms with E-state index in [-0.39, 0.29) is 16.4 Å². The molecule has 134 valence electrons. The first-order valence-electron chi connectivity index (χ1n) is 7.15. The third kappa shape index (κ3) is 4.28. The Morgan fingerprint density at radius 2 is 2.00 bits per heavy atom. The first kappa shape index (κ1) is 17.7. The fourth-order valence-corrected chi connectivity index (χ4v) is 2.72. The molecule has 0 fully saturated rings. The van der Waals surface area contributed by atoms with Crippen LogP contribution in [-0.4, -0.2) is 22.2 Å². The van der Waals surface area contributed by atoms with Crippen molar-refractivity contribution in [3.63, 3.8) is 0 Å². The van der Waals surface area contributed by atoms with Gasteiger partial charge in [0.25, 0.3) is 5.91 Å². The highest BCUT2D eigenvalue weighted by atomic mass is 32.1. The fourth-order valence-electron chi connectivity index (χ4n) is 2.02. The molecule has 0 saturated carbocycles. The van der Waals surface area contributed by atoms with E-state index in [4.69, 9.17) is 5.73 Å². The minimum absolute atomic E-state index is 0.0481. The molecule has 0 spiro atoms. The summed E-state index contributed by atoms with van der Waals surface area (Å²) in [5.74, 6) is -1.28. The molecule has 1 amide bonds. The smallest absolute Gasteiger partial charge is 0.404 e. The normalized spacial score (nSPS) is 11.2. The first-order valence-corrected chi connectivity index (χ1v) is 8.03. The number of rotatable bonds is 4. The van der Waals surface area contributed by atoms with Crippen LogP contribution in [0.1, 0.15) is 10.4 Å². The summed E-state index contributed by atoms with van der Waals surface area (Å²) in [5.41, 5.74) is 6.37. The number of carbonyl (C=O) groups is 1. The van der Waals surface area contributed by atoms with Crippen LogP contribution in [-0.2, 0) is 0 Å². The molecule has 3 N–H and O–H groups in total. The van der Waals surface area contributed by atoms with Crippen LogP contribution in [0.4, 0.5) is 24.0 Å². The van der Waals surface area contributed by atoms with Crippen molar-refractivity contribution >= 4 is 28.1 Å². The lowest BCUT2D eigenvalue weighted by Crippen LogP contribution is -2.19. The molecule has 26 heavy (non-hydrogen) atoms. The maximum absolute atomic E-state index is 12.4. The number of nitrogens with one attached hydrogen (secondary N) is 1. The highest BCUT2D eigenvalue weighted by Crippen LogP contribution is 2.30. The maximum Gasteiger partial charge on any atom is 0.573 e. The Morgan fingerprint density at radius 3 is 2.69 bits per heavy atom. The van der Waals surface area contributed by atoms with Gasteiger partial charge in [-0.15, -0.1) is 24.5 Å². The molecule has 0 aliphatic rings. The van der Waals surface area contributed by atoms with Crippen LogP contribution >= 0.6 is 11.3 Å². The van der Waals surface area contributed by atoms with Crippen molar-refractivity contribution in [1.82, 2.24) is 9.97 Å². The van der Waals surface area contributed by atoms with Crippen LogP contribution in [0.2, 0.25) is 0 Å². The Labute approximate surface area is 149 Å². The van der Waals surface area contributed by atoms with Gasteiger partial charge in [0, 0.05) is 17.1 Å². The van der Waals surface area contributed by atoms with Crippen LogP contribution < -0.4 is 15.8 Å². The Kier molecular flexibility index (Phi) is 4.76. The second-order valence-electron chi connectivity index (χ2n) is 5.01.